The second-order valence-electron chi connectivity index (χ2n) is 8.26. The lowest BCUT2D eigenvalue weighted by molar-refractivity contribution is 0.0936. The van der Waals surface area contributed by atoms with Crippen LogP contribution in [0.3, 0.4) is 0 Å². The lowest BCUT2D eigenvalue weighted by Gasteiger charge is -2.24. The van der Waals surface area contributed by atoms with Gasteiger partial charge >= 0.3 is 0 Å². The van der Waals surface area contributed by atoms with E-state index in [0.717, 1.165) is 40.9 Å². The van der Waals surface area contributed by atoms with Crippen molar-refractivity contribution in [2.45, 2.75) is 37.5 Å². The molecule has 7 heteroatoms. The summed E-state index contributed by atoms with van der Waals surface area (Å²) in [5.41, 5.74) is 5.08. The molecule has 2 aromatic carbocycles. The minimum atomic E-state index is -3.79. The van der Waals surface area contributed by atoms with Gasteiger partial charge in [0.05, 0.1) is 16.3 Å². The van der Waals surface area contributed by atoms with E-state index >= 15 is 0 Å². The number of hydrogen-bond donors (Lipinski definition) is 1. The van der Waals surface area contributed by atoms with Crippen molar-refractivity contribution < 1.29 is 13.2 Å². The van der Waals surface area contributed by atoms with Crippen LogP contribution in [0.1, 0.15) is 41.6 Å². The van der Waals surface area contributed by atoms with Gasteiger partial charge in [0.1, 0.15) is 0 Å². The maximum atomic E-state index is 13.4. The molecule has 0 radical (unpaired) electrons. The van der Waals surface area contributed by atoms with Gasteiger partial charge < -0.3 is 4.57 Å². The summed E-state index contributed by atoms with van der Waals surface area (Å²) in [5, 5.41) is 5.90. The van der Waals surface area contributed by atoms with Gasteiger partial charge in [-0.25, -0.2) is 13.6 Å². The highest BCUT2D eigenvalue weighted by molar-refractivity contribution is 7.89. The lowest BCUT2D eigenvalue weighted by atomic mass is 9.80. The average molecular weight is 457 g/mol. The van der Waals surface area contributed by atoms with Crippen molar-refractivity contribution in [1.29, 1.82) is 0 Å². The third-order valence-electron chi connectivity index (χ3n) is 6.19. The maximum Gasteiger partial charge on any atom is 0.238 e. The Hall–Kier alpha value is -2.41. The predicted molar refractivity (Wildman–Crippen MR) is 124 cm³/mol. The van der Waals surface area contributed by atoms with Crippen molar-refractivity contribution in [2.24, 2.45) is 18.1 Å². The minimum absolute atomic E-state index is 0.0439. The number of rotatable bonds is 6. The second-order valence-corrected chi connectivity index (χ2v) is 10.3. The number of aromatic nitrogens is 1. The smallest absolute Gasteiger partial charge is 0.238 e. The van der Waals surface area contributed by atoms with Crippen LogP contribution in [0, 0.1) is 12.8 Å². The summed E-state index contributed by atoms with van der Waals surface area (Å²) in [5.74, 6) is 0.576. The molecule has 162 valence electrons. The van der Waals surface area contributed by atoms with Crippen LogP contribution in [0.2, 0.25) is 5.02 Å². The van der Waals surface area contributed by atoms with Crippen LogP contribution in [0.15, 0.2) is 53.4 Å². The van der Waals surface area contributed by atoms with Crippen molar-refractivity contribution in [1.82, 2.24) is 4.57 Å². The molecule has 1 aliphatic rings. The molecule has 1 heterocycles. The molecule has 0 amide bonds. The molecular weight excluding hydrogens is 432 g/mol. The summed E-state index contributed by atoms with van der Waals surface area (Å²) in [6.07, 6.45) is 3.91. The zero-order valence-electron chi connectivity index (χ0n) is 17.6. The van der Waals surface area contributed by atoms with E-state index in [9.17, 15) is 13.2 Å². The first-order valence-electron chi connectivity index (χ1n) is 10.3. The molecular formula is C24H25ClN2O3S. The number of hydrogen-bond acceptors (Lipinski definition) is 3. The number of Topliss-reactive ketones (excluding diaryl/α,β-unsaturated/α-hetero) is 1. The Kier molecular flexibility index (Phi) is 5.81. The summed E-state index contributed by atoms with van der Waals surface area (Å²) in [6, 6.07) is 13.9. The SMILES string of the molecule is Cc1c(C(=O)CC2CCC2)c(-c2ccc(S(N)(=O)=O)cc2)n(C)c1-c1ccc(Cl)cc1. The van der Waals surface area contributed by atoms with Gasteiger partial charge in [-0.2, -0.15) is 0 Å². The number of nitrogens with zero attached hydrogens (tertiary/aromatic N) is 1. The summed E-state index contributed by atoms with van der Waals surface area (Å²) < 4.78 is 25.3. The van der Waals surface area contributed by atoms with Gasteiger partial charge in [0.2, 0.25) is 10.0 Å². The number of nitrogens with two attached hydrogens (primary N) is 1. The number of halogens is 1. The molecule has 0 spiro atoms. The highest BCUT2D eigenvalue weighted by Gasteiger charge is 2.28. The first-order chi connectivity index (χ1) is 14.7. The van der Waals surface area contributed by atoms with E-state index in [2.05, 4.69) is 0 Å². The van der Waals surface area contributed by atoms with Gasteiger partial charge in [-0.15, -0.1) is 0 Å². The number of carbonyl (C=O) groups excluding carboxylic acids is 1. The monoisotopic (exact) mass is 456 g/mol. The minimum Gasteiger partial charge on any atom is -0.343 e. The summed E-state index contributed by atoms with van der Waals surface area (Å²) >= 11 is 6.07. The molecule has 5 nitrogen and oxygen atoms in total. The molecule has 0 atom stereocenters. The largest absolute Gasteiger partial charge is 0.343 e. The molecule has 2 N–H and O–H groups in total. The fraction of sp³-hybridized carbons (Fsp3) is 0.292. The third-order valence-corrected chi connectivity index (χ3v) is 7.37. The van der Waals surface area contributed by atoms with Crippen LogP contribution in [0.5, 0.6) is 0 Å². The van der Waals surface area contributed by atoms with Crippen LogP contribution < -0.4 is 5.14 Å². The summed E-state index contributed by atoms with van der Waals surface area (Å²) in [7, 11) is -1.86. The van der Waals surface area contributed by atoms with Crippen LogP contribution in [0.4, 0.5) is 0 Å². The van der Waals surface area contributed by atoms with E-state index < -0.39 is 10.0 Å². The molecule has 0 unspecified atom stereocenters. The molecule has 3 aromatic rings. The number of sulfonamides is 1. The Balaban J connectivity index is 1.88. The van der Waals surface area contributed by atoms with Crippen molar-refractivity contribution in [2.75, 3.05) is 0 Å². The standard InChI is InChI=1S/C24H25ClN2O3S/c1-15-22(21(28)14-16-4-3-5-16)24(18-8-12-20(13-9-18)31(26,29)30)27(2)23(15)17-6-10-19(25)11-7-17/h6-13,16H,3-5,14H2,1-2H3,(H2,26,29,30). The predicted octanol–water partition coefficient (Wildman–Crippen LogP) is 5.34. The molecule has 1 saturated carbocycles. The van der Waals surface area contributed by atoms with Crippen LogP contribution >= 0.6 is 11.6 Å². The topological polar surface area (TPSA) is 82.2 Å². The number of ketones is 1. The first kappa shape index (κ1) is 21.8. The average Bonchev–Trinajstić information content (AvgIpc) is 2.95. The zero-order valence-corrected chi connectivity index (χ0v) is 19.1. The molecule has 31 heavy (non-hydrogen) atoms. The zero-order chi connectivity index (χ0) is 22.3. The van der Waals surface area contributed by atoms with Gasteiger partial charge in [-0.3, -0.25) is 4.79 Å². The Morgan fingerprint density at radius 3 is 2.10 bits per heavy atom. The highest BCUT2D eigenvalue weighted by Crippen LogP contribution is 2.39. The van der Waals surface area contributed by atoms with E-state index in [-0.39, 0.29) is 10.7 Å². The summed E-state index contributed by atoms with van der Waals surface area (Å²) in [4.78, 5) is 13.4. The Morgan fingerprint density at radius 2 is 1.58 bits per heavy atom. The van der Waals surface area contributed by atoms with Gasteiger partial charge in [0.25, 0.3) is 0 Å². The van der Waals surface area contributed by atoms with E-state index in [0.29, 0.717) is 22.9 Å². The van der Waals surface area contributed by atoms with E-state index in [4.69, 9.17) is 16.7 Å². The molecule has 0 aliphatic heterocycles. The number of carbonyl (C=O) groups is 1. The van der Waals surface area contributed by atoms with Crippen molar-refractivity contribution >= 4 is 27.4 Å². The first-order valence-corrected chi connectivity index (χ1v) is 12.2. The molecule has 4 rings (SSSR count). The Morgan fingerprint density at radius 1 is 1.03 bits per heavy atom. The highest BCUT2D eigenvalue weighted by atomic mass is 35.5. The molecule has 0 bridgehead atoms. The molecule has 1 aromatic heterocycles. The Bertz CT molecular complexity index is 1240. The van der Waals surface area contributed by atoms with Crippen LogP contribution in [-0.2, 0) is 17.1 Å². The molecule has 0 saturated heterocycles. The third kappa shape index (κ3) is 4.20. The summed E-state index contributed by atoms with van der Waals surface area (Å²) in [6.45, 7) is 1.97. The quantitative estimate of drug-likeness (QED) is 0.508. The molecule has 1 fully saturated rings. The van der Waals surface area contributed by atoms with Crippen LogP contribution in [0.25, 0.3) is 22.5 Å². The van der Waals surface area contributed by atoms with E-state index in [1.54, 1.807) is 12.1 Å². The van der Waals surface area contributed by atoms with Crippen molar-refractivity contribution in [3.05, 3.63) is 64.7 Å². The van der Waals surface area contributed by atoms with Gasteiger partial charge in [-0.05, 0) is 53.8 Å². The lowest BCUT2D eigenvalue weighted by Crippen LogP contribution is -2.16. The van der Waals surface area contributed by atoms with Crippen molar-refractivity contribution in [3.63, 3.8) is 0 Å². The fourth-order valence-corrected chi connectivity index (χ4v) is 5.03. The van der Waals surface area contributed by atoms with E-state index in [1.807, 2.05) is 42.8 Å². The number of benzene rings is 2. The molecule has 1 aliphatic carbocycles. The normalized spacial score (nSPS) is 14.5. The van der Waals surface area contributed by atoms with Gasteiger partial charge in [-0.1, -0.05) is 55.1 Å². The van der Waals surface area contributed by atoms with Gasteiger partial charge in [0.15, 0.2) is 5.78 Å². The van der Waals surface area contributed by atoms with Crippen molar-refractivity contribution in [3.8, 4) is 22.5 Å². The number of primary sulfonamides is 1. The van der Waals surface area contributed by atoms with Gasteiger partial charge in [0, 0.05) is 24.1 Å². The van der Waals surface area contributed by atoms with Crippen LogP contribution in [-0.4, -0.2) is 18.8 Å². The Labute approximate surface area is 187 Å². The maximum absolute atomic E-state index is 13.4. The fourth-order valence-electron chi connectivity index (χ4n) is 4.39. The van der Waals surface area contributed by atoms with E-state index in [1.165, 1.54) is 18.6 Å². The second kappa shape index (κ2) is 8.26.